The number of nitriles is 1. The second-order valence-electron chi connectivity index (χ2n) is 6.54. The molecular formula is C19H18Cl2N4O2S. The Labute approximate surface area is 177 Å². The molecule has 1 aliphatic carbocycles. The summed E-state index contributed by atoms with van der Waals surface area (Å²) in [5, 5.41) is 16.1. The third-order valence-corrected chi connectivity index (χ3v) is 6.18. The Kier molecular flexibility index (Phi) is 6.57. The van der Waals surface area contributed by atoms with Gasteiger partial charge in [-0.15, -0.1) is 11.3 Å². The van der Waals surface area contributed by atoms with Crippen molar-refractivity contribution in [3.05, 3.63) is 44.2 Å². The van der Waals surface area contributed by atoms with Crippen LogP contribution in [0.25, 0.3) is 0 Å². The minimum absolute atomic E-state index is 0.0110. The van der Waals surface area contributed by atoms with Crippen LogP contribution in [-0.4, -0.2) is 36.9 Å². The van der Waals surface area contributed by atoms with Gasteiger partial charge in [-0.1, -0.05) is 29.3 Å². The zero-order valence-corrected chi connectivity index (χ0v) is 17.5. The van der Waals surface area contributed by atoms with Gasteiger partial charge in [0.15, 0.2) is 0 Å². The average Bonchev–Trinajstić information content (AvgIpc) is 3.18. The van der Waals surface area contributed by atoms with E-state index < -0.39 is 0 Å². The molecule has 0 spiro atoms. The van der Waals surface area contributed by atoms with Crippen LogP contribution in [0.2, 0.25) is 10.0 Å². The van der Waals surface area contributed by atoms with E-state index in [4.69, 9.17) is 23.2 Å². The van der Waals surface area contributed by atoms with Gasteiger partial charge < -0.3 is 10.6 Å². The molecule has 1 aromatic carbocycles. The minimum atomic E-state index is -0.335. The number of hydrogen-bond donors (Lipinski definition) is 2. The maximum absolute atomic E-state index is 12.3. The van der Waals surface area contributed by atoms with E-state index in [-0.39, 0.29) is 24.9 Å². The van der Waals surface area contributed by atoms with E-state index in [0.717, 1.165) is 24.8 Å². The highest BCUT2D eigenvalue weighted by atomic mass is 35.5. The number of hydrogen-bond acceptors (Lipinski definition) is 5. The minimum Gasteiger partial charge on any atom is -0.322 e. The Morgan fingerprint density at radius 2 is 1.82 bits per heavy atom. The predicted molar refractivity (Wildman–Crippen MR) is 112 cm³/mol. The van der Waals surface area contributed by atoms with Crippen molar-refractivity contribution in [2.75, 3.05) is 30.8 Å². The lowest BCUT2D eigenvalue weighted by atomic mass is 10.1. The number of aryl methyl sites for hydroxylation is 1. The smallest absolute Gasteiger partial charge is 0.239 e. The van der Waals surface area contributed by atoms with Gasteiger partial charge >= 0.3 is 0 Å². The van der Waals surface area contributed by atoms with Crippen LogP contribution in [0, 0.1) is 11.3 Å². The molecule has 1 aromatic heterocycles. The van der Waals surface area contributed by atoms with Gasteiger partial charge in [0.25, 0.3) is 0 Å². The second-order valence-corrected chi connectivity index (χ2v) is 8.46. The van der Waals surface area contributed by atoms with Crippen molar-refractivity contribution in [1.29, 1.82) is 5.26 Å². The van der Waals surface area contributed by atoms with Crippen LogP contribution >= 0.6 is 34.5 Å². The van der Waals surface area contributed by atoms with Crippen LogP contribution in [0.4, 0.5) is 10.7 Å². The van der Waals surface area contributed by atoms with Crippen LogP contribution in [0.5, 0.6) is 0 Å². The molecule has 2 aromatic rings. The van der Waals surface area contributed by atoms with Gasteiger partial charge in [0.1, 0.15) is 11.1 Å². The van der Waals surface area contributed by atoms with Gasteiger partial charge in [-0.25, -0.2) is 0 Å². The average molecular weight is 437 g/mol. The first-order valence-electron chi connectivity index (χ1n) is 8.66. The standard InChI is InChI=1S/C19H18Cl2N4O2S/c1-25(9-16(26)23-18-13(20)5-3-6-14(18)21)10-17(27)24-19-12(8-22)11-4-2-7-15(11)28-19/h3,5-6H,2,4,7,9-10H2,1H3,(H,23,26)(H,24,27). The number of likely N-dealkylation sites (N-methyl/N-ethyl adjacent to an activating group) is 1. The largest absolute Gasteiger partial charge is 0.322 e. The molecule has 0 aliphatic heterocycles. The molecule has 0 saturated carbocycles. The number of anilines is 2. The van der Waals surface area contributed by atoms with Crippen LogP contribution in [0.15, 0.2) is 18.2 Å². The van der Waals surface area contributed by atoms with Crippen molar-refractivity contribution in [2.45, 2.75) is 19.3 Å². The van der Waals surface area contributed by atoms with Gasteiger partial charge in [-0.2, -0.15) is 5.26 Å². The van der Waals surface area contributed by atoms with Gasteiger partial charge in [-0.3, -0.25) is 14.5 Å². The predicted octanol–water partition coefficient (Wildman–Crippen LogP) is 3.92. The molecule has 1 heterocycles. The number of benzene rings is 1. The Morgan fingerprint density at radius 1 is 1.18 bits per heavy atom. The fourth-order valence-electron chi connectivity index (χ4n) is 3.12. The van der Waals surface area contributed by atoms with Crippen molar-refractivity contribution in [1.82, 2.24) is 4.90 Å². The van der Waals surface area contributed by atoms with Crippen LogP contribution in [0.1, 0.15) is 22.4 Å². The zero-order valence-electron chi connectivity index (χ0n) is 15.1. The summed E-state index contributed by atoms with van der Waals surface area (Å²) in [7, 11) is 1.66. The Morgan fingerprint density at radius 3 is 2.46 bits per heavy atom. The summed E-state index contributed by atoms with van der Waals surface area (Å²) in [4.78, 5) is 27.3. The summed E-state index contributed by atoms with van der Waals surface area (Å²) < 4.78 is 0. The van der Waals surface area contributed by atoms with E-state index >= 15 is 0 Å². The molecule has 0 atom stereocenters. The number of amides is 2. The maximum atomic E-state index is 12.3. The van der Waals surface area contributed by atoms with Crippen molar-refractivity contribution >= 4 is 57.0 Å². The van der Waals surface area contributed by atoms with Crippen LogP contribution < -0.4 is 10.6 Å². The third-order valence-electron chi connectivity index (χ3n) is 4.34. The van der Waals surface area contributed by atoms with E-state index in [1.54, 1.807) is 30.1 Å². The SMILES string of the molecule is CN(CC(=O)Nc1sc2c(c1C#N)CCC2)CC(=O)Nc1c(Cl)cccc1Cl. The summed E-state index contributed by atoms with van der Waals surface area (Å²) in [6.45, 7) is -0.00186. The number of fused-ring (bicyclic) bond motifs is 1. The molecule has 0 saturated heterocycles. The molecule has 6 nitrogen and oxygen atoms in total. The molecule has 2 N–H and O–H groups in total. The summed E-state index contributed by atoms with van der Waals surface area (Å²) in [5.41, 5.74) is 1.98. The van der Waals surface area contributed by atoms with Gasteiger partial charge in [0.05, 0.1) is 34.4 Å². The number of carbonyl (C=O) groups excluding carboxylic acids is 2. The summed E-state index contributed by atoms with van der Waals surface area (Å²) in [5.74, 6) is -0.611. The Balaban J connectivity index is 1.55. The number of nitrogens with zero attached hydrogens (tertiary/aromatic N) is 2. The molecule has 28 heavy (non-hydrogen) atoms. The molecule has 0 unspecified atom stereocenters. The fourth-order valence-corrected chi connectivity index (χ4v) is 4.87. The Hall–Kier alpha value is -2.11. The highest BCUT2D eigenvalue weighted by molar-refractivity contribution is 7.16. The second kappa shape index (κ2) is 8.93. The molecule has 0 bridgehead atoms. The number of thiophene rings is 1. The van der Waals surface area contributed by atoms with E-state index in [1.165, 1.54) is 16.2 Å². The third kappa shape index (κ3) is 4.65. The molecule has 3 rings (SSSR count). The first kappa shape index (κ1) is 20.6. The molecule has 146 valence electrons. The number of rotatable bonds is 6. The first-order chi connectivity index (χ1) is 13.4. The topological polar surface area (TPSA) is 85.2 Å². The van der Waals surface area contributed by atoms with E-state index in [9.17, 15) is 14.9 Å². The highest BCUT2D eigenvalue weighted by Crippen LogP contribution is 2.38. The number of carbonyl (C=O) groups is 2. The normalized spacial score (nSPS) is 12.5. The molecule has 9 heteroatoms. The molecule has 0 fully saturated rings. The number of para-hydroxylation sites is 1. The molecule has 0 radical (unpaired) electrons. The van der Waals surface area contributed by atoms with Gasteiger partial charge in [0.2, 0.25) is 11.8 Å². The van der Waals surface area contributed by atoms with Crippen molar-refractivity contribution in [3.63, 3.8) is 0 Å². The highest BCUT2D eigenvalue weighted by Gasteiger charge is 2.23. The summed E-state index contributed by atoms with van der Waals surface area (Å²) in [6, 6.07) is 7.15. The summed E-state index contributed by atoms with van der Waals surface area (Å²) in [6.07, 6.45) is 2.89. The molecular weight excluding hydrogens is 419 g/mol. The van der Waals surface area contributed by atoms with Crippen molar-refractivity contribution in [2.24, 2.45) is 0 Å². The lowest BCUT2D eigenvalue weighted by Crippen LogP contribution is -2.36. The number of nitrogens with one attached hydrogen (secondary N) is 2. The summed E-state index contributed by atoms with van der Waals surface area (Å²) >= 11 is 13.6. The molecule has 2 amide bonds. The van der Waals surface area contributed by atoms with Gasteiger partial charge in [0, 0.05) is 4.88 Å². The van der Waals surface area contributed by atoms with Crippen LogP contribution in [0.3, 0.4) is 0 Å². The lowest BCUT2D eigenvalue weighted by Gasteiger charge is -2.16. The molecule has 1 aliphatic rings. The monoisotopic (exact) mass is 436 g/mol. The van der Waals surface area contributed by atoms with Crippen LogP contribution in [-0.2, 0) is 22.4 Å². The first-order valence-corrected chi connectivity index (χ1v) is 10.2. The van der Waals surface area contributed by atoms with E-state index in [0.29, 0.717) is 26.3 Å². The quantitative estimate of drug-likeness (QED) is 0.718. The van der Waals surface area contributed by atoms with Crippen molar-refractivity contribution in [3.8, 4) is 6.07 Å². The van der Waals surface area contributed by atoms with E-state index in [2.05, 4.69) is 16.7 Å². The van der Waals surface area contributed by atoms with Crippen molar-refractivity contribution < 1.29 is 9.59 Å². The Bertz CT molecular complexity index is 947. The lowest BCUT2D eigenvalue weighted by molar-refractivity contribution is -0.119. The zero-order chi connectivity index (χ0) is 20.3. The number of halogens is 2. The van der Waals surface area contributed by atoms with Gasteiger partial charge in [-0.05, 0) is 44.0 Å². The van der Waals surface area contributed by atoms with E-state index in [1.807, 2.05) is 0 Å². The fraction of sp³-hybridized carbons (Fsp3) is 0.316. The maximum Gasteiger partial charge on any atom is 0.239 e.